The third kappa shape index (κ3) is 4.57. The average molecular weight is 367 g/mol. The summed E-state index contributed by atoms with van der Waals surface area (Å²) in [6.45, 7) is 7.42. The summed E-state index contributed by atoms with van der Waals surface area (Å²) in [7, 11) is 0. The molecule has 1 unspecified atom stereocenters. The molecular weight excluding hydrogens is 346 g/mol. The third-order valence-electron chi connectivity index (χ3n) is 3.66. The van der Waals surface area contributed by atoms with Crippen molar-refractivity contribution in [3.8, 4) is 0 Å². The molecule has 2 rings (SSSR count). The van der Waals surface area contributed by atoms with Crippen molar-refractivity contribution in [2.75, 3.05) is 0 Å². The Bertz CT molecular complexity index is 593. The Morgan fingerprint density at radius 1 is 1.10 bits per heavy atom. The van der Waals surface area contributed by atoms with Gasteiger partial charge in [0.25, 0.3) is 0 Å². The van der Waals surface area contributed by atoms with E-state index < -0.39 is 0 Å². The first kappa shape index (κ1) is 16.5. The maximum atomic E-state index is 5.98. The van der Waals surface area contributed by atoms with Crippen LogP contribution in [0.25, 0.3) is 0 Å². The molecule has 21 heavy (non-hydrogen) atoms. The molecule has 1 N–H and O–H groups in total. The Kier molecular flexibility index (Phi) is 5.86. The van der Waals surface area contributed by atoms with E-state index in [1.807, 2.05) is 12.1 Å². The second-order valence-electron chi connectivity index (χ2n) is 5.74. The van der Waals surface area contributed by atoms with Crippen molar-refractivity contribution >= 4 is 27.5 Å². The van der Waals surface area contributed by atoms with Gasteiger partial charge in [0.05, 0.1) is 0 Å². The summed E-state index contributed by atoms with van der Waals surface area (Å²) in [6, 6.07) is 14.9. The highest BCUT2D eigenvalue weighted by Gasteiger charge is 2.15. The Hall–Kier alpha value is -0.830. The predicted molar refractivity (Wildman–Crippen MR) is 94.7 cm³/mol. The lowest BCUT2D eigenvalue weighted by Crippen LogP contribution is -2.25. The molecule has 0 aliphatic heterocycles. The van der Waals surface area contributed by atoms with Crippen molar-refractivity contribution in [3.05, 3.63) is 68.7 Å². The Balaban J connectivity index is 2.09. The zero-order valence-electron chi connectivity index (χ0n) is 12.7. The summed E-state index contributed by atoms with van der Waals surface area (Å²) in [5.74, 6) is 0.514. The van der Waals surface area contributed by atoms with E-state index in [1.54, 1.807) is 0 Å². The molecule has 0 aliphatic carbocycles. The number of rotatable bonds is 5. The number of hydrogen-bond donors (Lipinski definition) is 1. The standard InChI is InChI=1S/C18H21BrClN/c1-12(2)18(15-6-8-16(20)9-7-15)21-11-14-5-4-13(3)17(19)10-14/h4-10,12,18,21H,11H2,1-3H3. The van der Waals surface area contributed by atoms with Crippen LogP contribution in [0.15, 0.2) is 46.9 Å². The van der Waals surface area contributed by atoms with Crippen molar-refractivity contribution in [1.82, 2.24) is 5.32 Å². The molecular formula is C18H21BrClN. The minimum absolute atomic E-state index is 0.322. The van der Waals surface area contributed by atoms with Gasteiger partial charge in [0, 0.05) is 22.1 Å². The fraction of sp³-hybridized carbons (Fsp3) is 0.333. The van der Waals surface area contributed by atoms with Gasteiger partial charge in [-0.05, 0) is 47.7 Å². The van der Waals surface area contributed by atoms with Gasteiger partial charge < -0.3 is 5.32 Å². The molecule has 0 saturated heterocycles. The van der Waals surface area contributed by atoms with Crippen LogP contribution < -0.4 is 5.32 Å². The van der Waals surface area contributed by atoms with Crippen LogP contribution in [-0.4, -0.2) is 0 Å². The lowest BCUT2D eigenvalue weighted by molar-refractivity contribution is 0.410. The van der Waals surface area contributed by atoms with Gasteiger partial charge in [-0.3, -0.25) is 0 Å². The molecule has 2 aromatic carbocycles. The molecule has 0 heterocycles. The maximum absolute atomic E-state index is 5.98. The van der Waals surface area contributed by atoms with Crippen LogP contribution in [0.1, 0.15) is 36.6 Å². The summed E-state index contributed by atoms with van der Waals surface area (Å²) in [5, 5.41) is 4.44. The van der Waals surface area contributed by atoms with Gasteiger partial charge >= 0.3 is 0 Å². The topological polar surface area (TPSA) is 12.0 Å². The molecule has 0 bridgehead atoms. The van der Waals surface area contributed by atoms with Crippen LogP contribution in [0.2, 0.25) is 5.02 Å². The summed E-state index contributed by atoms with van der Waals surface area (Å²) in [5.41, 5.74) is 3.82. The van der Waals surface area contributed by atoms with Crippen LogP contribution in [0.3, 0.4) is 0 Å². The highest BCUT2D eigenvalue weighted by atomic mass is 79.9. The van der Waals surface area contributed by atoms with E-state index in [0.29, 0.717) is 12.0 Å². The first-order chi connectivity index (χ1) is 9.97. The Labute approximate surface area is 140 Å². The molecule has 3 heteroatoms. The molecule has 112 valence electrons. The average Bonchev–Trinajstić information content (AvgIpc) is 2.44. The van der Waals surface area contributed by atoms with E-state index in [2.05, 4.69) is 72.3 Å². The van der Waals surface area contributed by atoms with Crippen LogP contribution >= 0.6 is 27.5 Å². The lowest BCUT2D eigenvalue weighted by Gasteiger charge is -2.23. The van der Waals surface area contributed by atoms with E-state index in [0.717, 1.165) is 16.0 Å². The molecule has 1 atom stereocenters. The van der Waals surface area contributed by atoms with Gasteiger partial charge in [-0.25, -0.2) is 0 Å². The second-order valence-corrected chi connectivity index (χ2v) is 7.03. The molecule has 0 amide bonds. The van der Waals surface area contributed by atoms with E-state index >= 15 is 0 Å². The highest BCUT2D eigenvalue weighted by Crippen LogP contribution is 2.24. The fourth-order valence-electron chi connectivity index (χ4n) is 2.38. The molecule has 0 radical (unpaired) electrons. The highest BCUT2D eigenvalue weighted by molar-refractivity contribution is 9.10. The van der Waals surface area contributed by atoms with Gasteiger partial charge in [-0.1, -0.05) is 65.6 Å². The number of hydrogen-bond acceptors (Lipinski definition) is 1. The Morgan fingerprint density at radius 3 is 2.33 bits per heavy atom. The molecule has 1 nitrogen and oxygen atoms in total. The smallest absolute Gasteiger partial charge is 0.0406 e. The van der Waals surface area contributed by atoms with Crippen molar-refractivity contribution in [1.29, 1.82) is 0 Å². The number of benzene rings is 2. The Morgan fingerprint density at radius 2 is 1.76 bits per heavy atom. The largest absolute Gasteiger partial charge is 0.306 e. The van der Waals surface area contributed by atoms with Gasteiger partial charge in [-0.15, -0.1) is 0 Å². The van der Waals surface area contributed by atoms with E-state index in [4.69, 9.17) is 11.6 Å². The minimum Gasteiger partial charge on any atom is -0.306 e. The normalized spacial score (nSPS) is 12.7. The summed E-state index contributed by atoms with van der Waals surface area (Å²) in [4.78, 5) is 0. The van der Waals surface area contributed by atoms with Gasteiger partial charge in [0.2, 0.25) is 0 Å². The van der Waals surface area contributed by atoms with Crippen LogP contribution in [0.4, 0.5) is 0 Å². The molecule has 0 aromatic heterocycles. The van der Waals surface area contributed by atoms with Crippen molar-refractivity contribution in [3.63, 3.8) is 0 Å². The summed E-state index contributed by atoms with van der Waals surface area (Å²) >= 11 is 9.57. The van der Waals surface area contributed by atoms with Crippen LogP contribution in [0, 0.1) is 12.8 Å². The van der Waals surface area contributed by atoms with Gasteiger partial charge in [0.1, 0.15) is 0 Å². The number of nitrogens with one attached hydrogen (secondary N) is 1. The van der Waals surface area contributed by atoms with Gasteiger partial charge in [-0.2, -0.15) is 0 Å². The number of aryl methyl sites for hydroxylation is 1. The zero-order valence-corrected chi connectivity index (χ0v) is 15.0. The van der Waals surface area contributed by atoms with E-state index in [1.165, 1.54) is 16.7 Å². The second kappa shape index (κ2) is 7.44. The predicted octanol–water partition coefficient (Wildman–Crippen LogP) is 5.90. The minimum atomic E-state index is 0.322. The first-order valence-electron chi connectivity index (χ1n) is 7.21. The van der Waals surface area contributed by atoms with E-state index in [-0.39, 0.29) is 0 Å². The third-order valence-corrected chi connectivity index (χ3v) is 4.76. The lowest BCUT2D eigenvalue weighted by atomic mass is 9.96. The van der Waals surface area contributed by atoms with Crippen molar-refractivity contribution in [2.45, 2.75) is 33.4 Å². The molecule has 0 fully saturated rings. The van der Waals surface area contributed by atoms with Crippen molar-refractivity contribution in [2.24, 2.45) is 5.92 Å². The molecule has 2 aromatic rings. The quantitative estimate of drug-likeness (QED) is 0.695. The van der Waals surface area contributed by atoms with Crippen LogP contribution in [0.5, 0.6) is 0 Å². The fourth-order valence-corrected chi connectivity index (χ4v) is 2.93. The van der Waals surface area contributed by atoms with Gasteiger partial charge in [0.15, 0.2) is 0 Å². The summed E-state index contributed by atoms with van der Waals surface area (Å²) in [6.07, 6.45) is 0. The SMILES string of the molecule is Cc1ccc(CNC(c2ccc(Cl)cc2)C(C)C)cc1Br. The number of halogens is 2. The maximum Gasteiger partial charge on any atom is 0.0406 e. The first-order valence-corrected chi connectivity index (χ1v) is 8.38. The summed E-state index contributed by atoms with van der Waals surface area (Å²) < 4.78 is 1.16. The molecule has 0 aliphatic rings. The van der Waals surface area contributed by atoms with E-state index in [9.17, 15) is 0 Å². The van der Waals surface area contributed by atoms with Crippen LogP contribution in [-0.2, 0) is 6.54 Å². The molecule has 0 saturated carbocycles. The van der Waals surface area contributed by atoms with Crippen molar-refractivity contribution < 1.29 is 0 Å². The zero-order chi connectivity index (χ0) is 15.4. The molecule has 0 spiro atoms. The monoisotopic (exact) mass is 365 g/mol.